The zero-order valence-electron chi connectivity index (χ0n) is 10.4. The number of carboxylic acids is 2. The summed E-state index contributed by atoms with van der Waals surface area (Å²) in [6.45, 7) is 0. The Hall–Kier alpha value is -1.75. The molecule has 5 heteroatoms. The third-order valence-corrected chi connectivity index (χ3v) is 3.31. The molecule has 2 N–H and O–H groups in total. The highest BCUT2D eigenvalue weighted by molar-refractivity contribution is 7.79. The van der Waals surface area contributed by atoms with Gasteiger partial charge in [0, 0.05) is 12.3 Å². The Morgan fingerprint density at radius 2 is 1.84 bits per heavy atom. The summed E-state index contributed by atoms with van der Waals surface area (Å²) in [6, 6.07) is 9.40. The van der Waals surface area contributed by atoms with Crippen molar-refractivity contribution in [2.45, 2.75) is 25.2 Å². The number of hydrogen-bond donors (Lipinski definition) is 2. The first-order valence-corrected chi connectivity index (χ1v) is 6.46. The molecule has 1 aromatic carbocycles. The fourth-order valence-corrected chi connectivity index (χ4v) is 2.19. The van der Waals surface area contributed by atoms with E-state index in [4.69, 9.17) is 22.4 Å². The van der Waals surface area contributed by atoms with E-state index in [1.165, 1.54) is 0 Å². The molecule has 1 aromatic rings. The maximum Gasteiger partial charge on any atom is 0.306 e. The van der Waals surface area contributed by atoms with Gasteiger partial charge < -0.3 is 10.2 Å². The van der Waals surface area contributed by atoms with Crippen LogP contribution < -0.4 is 0 Å². The van der Waals surface area contributed by atoms with Crippen LogP contribution in [0.2, 0.25) is 0 Å². The molecule has 0 heterocycles. The van der Waals surface area contributed by atoms with Crippen LogP contribution in [0.1, 0.15) is 30.7 Å². The van der Waals surface area contributed by atoms with E-state index < -0.39 is 17.9 Å². The molecule has 19 heavy (non-hydrogen) atoms. The van der Waals surface area contributed by atoms with E-state index in [9.17, 15) is 9.59 Å². The van der Waals surface area contributed by atoms with E-state index in [1.807, 2.05) is 30.3 Å². The fourth-order valence-electron chi connectivity index (χ4n) is 1.92. The van der Waals surface area contributed by atoms with Crippen molar-refractivity contribution in [3.63, 3.8) is 0 Å². The van der Waals surface area contributed by atoms with Crippen LogP contribution in [0.5, 0.6) is 0 Å². The Balaban J connectivity index is 2.73. The molecule has 2 unspecified atom stereocenters. The second-order valence-corrected chi connectivity index (χ2v) is 4.63. The monoisotopic (exact) mass is 280 g/mol. The molecule has 0 aliphatic carbocycles. The number of benzene rings is 1. The standard InChI is InChI=1S/C14H16O4S/c15-13(16)7-6-11(14(17)18)8-12(9-19)10-4-2-1-3-5-10/h1-5,9,11-12H,6-8H2,(H,15,16)(H,17,18). The summed E-state index contributed by atoms with van der Waals surface area (Å²) in [6.07, 6.45) is 0.309. The molecule has 0 saturated carbocycles. The summed E-state index contributed by atoms with van der Waals surface area (Å²) in [7, 11) is 0. The summed E-state index contributed by atoms with van der Waals surface area (Å²) in [5.41, 5.74) is 0.957. The molecule has 0 aromatic heterocycles. The number of aliphatic carboxylic acids is 2. The lowest BCUT2D eigenvalue weighted by Crippen LogP contribution is -2.19. The van der Waals surface area contributed by atoms with Crippen molar-refractivity contribution < 1.29 is 19.8 Å². The van der Waals surface area contributed by atoms with Gasteiger partial charge in [-0.3, -0.25) is 9.59 Å². The average Bonchev–Trinajstić information content (AvgIpc) is 2.39. The molecular formula is C14H16O4S. The van der Waals surface area contributed by atoms with E-state index in [2.05, 4.69) is 0 Å². The van der Waals surface area contributed by atoms with Gasteiger partial charge in [0.2, 0.25) is 0 Å². The fraction of sp³-hybridized carbons (Fsp3) is 0.357. The molecule has 0 aliphatic heterocycles. The zero-order chi connectivity index (χ0) is 14.3. The highest BCUT2D eigenvalue weighted by Gasteiger charge is 2.23. The smallest absolute Gasteiger partial charge is 0.306 e. The quantitative estimate of drug-likeness (QED) is 0.716. The summed E-state index contributed by atoms with van der Waals surface area (Å²) in [5.74, 6) is -2.80. The van der Waals surface area contributed by atoms with Crippen LogP contribution in [0.25, 0.3) is 0 Å². The summed E-state index contributed by atoms with van der Waals surface area (Å²) >= 11 is 4.96. The van der Waals surface area contributed by atoms with Crippen molar-refractivity contribution in [3.8, 4) is 0 Å². The maximum atomic E-state index is 11.2. The van der Waals surface area contributed by atoms with E-state index in [-0.39, 0.29) is 18.8 Å². The minimum absolute atomic E-state index is 0.122. The van der Waals surface area contributed by atoms with Gasteiger partial charge >= 0.3 is 11.9 Å². The Morgan fingerprint density at radius 1 is 1.21 bits per heavy atom. The molecular weight excluding hydrogens is 264 g/mol. The Labute approximate surface area is 117 Å². The van der Waals surface area contributed by atoms with Crippen LogP contribution in [-0.4, -0.2) is 27.5 Å². The molecule has 0 amide bonds. The summed E-state index contributed by atoms with van der Waals surface area (Å²) in [4.78, 5) is 21.7. The van der Waals surface area contributed by atoms with E-state index >= 15 is 0 Å². The number of rotatable bonds is 8. The molecule has 1 rings (SSSR count). The highest BCUT2D eigenvalue weighted by Crippen LogP contribution is 2.25. The van der Waals surface area contributed by atoms with E-state index in [0.29, 0.717) is 6.42 Å². The average molecular weight is 280 g/mol. The zero-order valence-corrected chi connectivity index (χ0v) is 11.2. The lowest BCUT2D eigenvalue weighted by atomic mass is 9.88. The Kier molecular flexibility index (Phi) is 6.15. The van der Waals surface area contributed by atoms with Gasteiger partial charge in [-0.05, 0) is 23.8 Å². The first-order chi connectivity index (χ1) is 9.04. The first kappa shape index (κ1) is 15.3. The lowest BCUT2D eigenvalue weighted by molar-refractivity contribution is -0.143. The number of carboxylic acid groups (broad SMARTS) is 2. The number of thiocarbonyl (C=S) groups is 1. The predicted molar refractivity (Wildman–Crippen MR) is 75.5 cm³/mol. The highest BCUT2D eigenvalue weighted by atomic mass is 32.1. The van der Waals surface area contributed by atoms with E-state index in [0.717, 1.165) is 5.56 Å². The van der Waals surface area contributed by atoms with Crippen LogP contribution >= 0.6 is 12.2 Å². The van der Waals surface area contributed by atoms with Crippen LogP contribution in [-0.2, 0) is 9.59 Å². The topological polar surface area (TPSA) is 74.6 Å². The van der Waals surface area contributed by atoms with Gasteiger partial charge in [-0.2, -0.15) is 0 Å². The summed E-state index contributed by atoms with van der Waals surface area (Å²) < 4.78 is 0. The molecule has 0 fully saturated rings. The largest absolute Gasteiger partial charge is 0.481 e. The third-order valence-electron chi connectivity index (χ3n) is 2.99. The molecule has 0 aliphatic rings. The van der Waals surface area contributed by atoms with Crippen LogP contribution in [0.3, 0.4) is 0 Å². The van der Waals surface area contributed by atoms with E-state index in [1.54, 1.807) is 5.37 Å². The molecule has 102 valence electrons. The van der Waals surface area contributed by atoms with Crippen molar-refractivity contribution in [1.29, 1.82) is 0 Å². The van der Waals surface area contributed by atoms with Crippen molar-refractivity contribution in [3.05, 3.63) is 35.9 Å². The number of hydrogen-bond acceptors (Lipinski definition) is 3. The van der Waals surface area contributed by atoms with Gasteiger partial charge in [0.25, 0.3) is 0 Å². The third kappa shape index (κ3) is 5.18. The lowest BCUT2D eigenvalue weighted by Gasteiger charge is -2.17. The van der Waals surface area contributed by atoms with Crippen LogP contribution in [0.4, 0.5) is 0 Å². The Bertz CT molecular complexity index is 444. The molecule has 0 bridgehead atoms. The summed E-state index contributed by atoms with van der Waals surface area (Å²) in [5, 5.41) is 19.3. The molecule has 2 atom stereocenters. The second kappa shape index (κ2) is 7.63. The SMILES string of the molecule is O=C(O)CCC(CC(C=S)c1ccccc1)C(=O)O. The van der Waals surface area contributed by atoms with Crippen LogP contribution in [0.15, 0.2) is 30.3 Å². The second-order valence-electron chi connectivity index (χ2n) is 4.36. The van der Waals surface area contributed by atoms with Crippen molar-refractivity contribution >= 4 is 29.5 Å². The van der Waals surface area contributed by atoms with Crippen molar-refractivity contribution in [1.82, 2.24) is 0 Å². The molecule has 4 nitrogen and oxygen atoms in total. The van der Waals surface area contributed by atoms with Gasteiger partial charge in [0.05, 0.1) is 5.92 Å². The minimum Gasteiger partial charge on any atom is -0.481 e. The molecule has 0 spiro atoms. The van der Waals surface area contributed by atoms with Crippen LogP contribution in [0, 0.1) is 5.92 Å². The predicted octanol–water partition coefficient (Wildman–Crippen LogP) is 2.73. The Morgan fingerprint density at radius 3 is 2.32 bits per heavy atom. The first-order valence-electron chi connectivity index (χ1n) is 5.99. The maximum absolute atomic E-state index is 11.2. The number of carbonyl (C=O) groups is 2. The van der Waals surface area contributed by atoms with Gasteiger partial charge in [0.1, 0.15) is 0 Å². The van der Waals surface area contributed by atoms with Gasteiger partial charge in [-0.15, -0.1) is 0 Å². The van der Waals surface area contributed by atoms with Crippen molar-refractivity contribution in [2.24, 2.45) is 5.92 Å². The van der Waals surface area contributed by atoms with Crippen molar-refractivity contribution in [2.75, 3.05) is 0 Å². The van der Waals surface area contributed by atoms with Gasteiger partial charge in [-0.25, -0.2) is 0 Å². The molecule has 0 saturated heterocycles. The van der Waals surface area contributed by atoms with Gasteiger partial charge in [0.15, 0.2) is 0 Å². The normalized spacial score (nSPS) is 13.5. The van der Waals surface area contributed by atoms with Gasteiger partial charge in [-0.1, -0.05) is 42.5 Å². The molecule has 0 radical (unpaired) electrons. The minimum atomic E-state index is -0.982.